The molecule has 0 amide bonds. The van der Waals surface area contributed by atoms with Crippen molar-refractivity contribution in [3.8, 4) is 5.75 Å². The number of benzene rings is 1. The van der Waals surface area contributed by atoms with Crippen LogP contribution in [0.3, 0.4) is 0 Å². The summed E-state index contributed by atoms with van der Waals surface area (Å²) < 4.78 is 81.4. The van der Waals surface area contributed by atoms with E-state index in [1.54, 1.807) is 0 Å². The lowest BCUT2D eigenvalue weighted by molar-refractivity contribution is -0.376. The minimum absolute atomic E-state index is 0.194. The van der Waals surface area contributed by atoms with Gasteiger partial charge in [0.25, 0.3) is 5.60 Å². The molecule has 0 bridgehead atoms. The predicted molar refractivity (Wildman–Crippen MR) is 63.8 cm³/mol. The molecule has 22 heavy (non-hydrogen) atoms. The van der Waals surface area contributed by atoms with Gasteiger partial charge in [-0.2, -0.15) is 26.3 Å². The summed E-state index contributed by atoms with van der Waals surface area (Å²) in [7, 11) is 0. The first kappa shape index (κ1) is 18.0. The van der Waals surface area contributed by atoms with Gasteiger partial charge in [-0.3, -0.25) is 4.79 Å². The molecule has 0 heterocycles. The van der Waals surface area contributed by atoms with Crippen LogP contribution < -0.4 is 4.74 Å². The minimum atomic E-state index is -6.03. The van der Waals surface area contributed by atoms with Gasteiger partial charge in [0.05, 0.1) is 0 Å². The van der Waals surface area contributed by atoms with E-state index in [1.165, 1.54) is 0 Å². The second kappa shape index (κ2) is 5.64. The molecule has 0 aliphatic heterocycles. The minimum Gasteiger partial charge on any atom is -0.427 e. The van der Waals surface area contributed by atoms with Gasteiger partial charge in [-0.25, -0.2) is 0 Å². The molecule has 0 saturated heterocycles. The summed E-state index contributed by atoms with van der Waals surface area (Å²) in [6.45, 7) is 4.13. The summed E-state index contributed by atoms with van der Waals surface area (Å²) in [4.78, 5) is 10.8. The lowest BCUT2D eigenvalue weighted by atomic mass is 9.90. The number of hydrogen-bond donors (Lipinski definition) is 1. The first-order valence-corrected chi connectivity index (χ1v) is 5.65. The van der Waals surface area contributed by atoms with E-state index in [0.29, 0.717) is 12.1 Å². The molecule has 0 aromatic heterocycles. The van der Waals surface area contributed by atoms with Crippen LogP contribution in [0.15, 0.2) is 24.8 Å². The third-order valence-electron chi connectivity index (χ3n) is 2.66. The van der Waals surface area contributed by atoms with Crippen molar-refractivity contribution in [3.63, 3.8) is 0 Å². The molecule has 0 unspecified atom stereocenters. The van der Waals surface area contributed by atoms with Gasteiger partial charge < -0.3 is 9.84 Å². The maximum absolute atomic E-state index is 12.8. The van der Waals surface area contributed by atoms with Gasteiger partial charge in [-0.15, -0.1) is 0 Å². The molecule has 0 aliphatic carbocycles. The third-order valence-corrected chi connectivity index (χ3v) is 2.66. The summed E-state index contributed by atoms with van der Waals surface area (Å²) >= 11 is 0. The van der Waals surface area contributed by atoms with Gasteiger partial charge in [0.1, 0.15) is 5.75 Å². The maximum Gasteiger partial charge on any atom is 0.430 e. The van der Waals surface area contributed by atoms with E-state index in [-0.39, 0.29) is 5.56 Å². The first-order chi connectivity index (χ1) is 9.82. The largest absolute Gasteiger partial charge is 0.430 e. The Bertz CT molecular complexity index is 574. The average Bonchev–Trinajstić information content (AvgIpc) is 2.33. The number of ether oxygens (including phenoxy) is 1. The molecule has 0 saturated carbocycles. The molecular formula is C13H10F6O3. The highest BCUT2D eigenvalue weighted by Crippen LogP contribution is 2.50. The summed E-state index contributed by atoms with van der Waals surface area (Å²) in [5.41, 5.74) is -6.82. The fourth-order valence-electron chi connectivity index (χ4n) is 1.66. The van der Waals surface area contributed by atoms with Crippen LogP contribution in [0.5, 0.6) is 5.75 Å². The Hall–Kier alpha value is -2.03. The molecule has 1 N–H and O–H groups in total. The van der Waals surface area contributed by atoms with Crippen LogP contribution >= 0.6 is 0 Å². The van der Waals surface area contributed by atoms with Gasteiger partial charge in [-0.05, 0) is 23.8 Å². The molecule has 0 atom stereocenters. The Kier molecular flexibility index (Phi) is 4.62. The fourth-order valence-corrected chi connectivity index (χ4v) is 1.66. The highest BCUT2D eigenvalue weighted by atomic mass is 19.4. The Morgan fingerprint density at radius 2 is 1.64 bits per heavy atom. The smallest absolute Gasteiger partial charge is 0.427 e. The number of rotatable bonds is 3. The number of carbonyl (C=O) groups is 1. The van der Waals surface area contributed by atoms with E-state index in [4.69, 9.17) is 0 Å². The summed E-state index contributed by atoms with van der Waals surface area (Å²) in [6, 6.07) is 1.77. The highest BCUT2D eigenvalue weighted by molar-refractivity contribution is 5.70. The van der Waals surface area contributed by atoms with Gasteiger partial charge >= 0.3 is 18.3 Å². The number of esters is 1. The van der Waals surface area contributed by atoms with E-state index in [9.17, 15) is 36.2 Å². The van der Waals surface area contributed by atoms with Crippen molar-refractivity contribution >= 4 is 12.0 Å². The van der Waals surface area contributed by atoms with Crippen LogP contribution in [0, 0.1) is 0 Å². The average molecular weight is 328 g/mol. The van der Waals surface area contributed by atoms with Crippen LogP contribution in [-0.4, -0.2) is 23.4 Å². The molecule has 1 aromatic rings. The standard InChI is InChI=1S/C13H10F6O3/c1-3-8-4-9(6-10(5-8)22-7(2)20)11(21,12(14,15)16)13(17,18)19/h3-6,21H,1H2,2H3. The Morgan fingerprint density at radius 1 is 1.14 bits per heavy atom. The fraction of sp³-hybridized carbons (Fsp3) is 0.308. The summed E-state index contributed by atoms with van der Waals surface area (Å²) in [5.74, 6) is -1.53. The number of aliphatic hydroxyl groups is 1. The monoisotopic (exact) mass is 328 g/mol. The molecular weight excluding hydrogens is 318 g/mol. The van der Waals surface area contributed by atoms with E-state index in [2.05, 4.69) is 11.3 Å². The number of halogens is 6. The molecule has 0 spiro atoms. The van der Waals surface area contributed by atoms with Crippen LogP contribution in [0.1, 0.15) is 18.1 Å². The Labute approximate surface area is 120 Å². The Morgan fingerprint density at radius 3 is 2.00 bits per heavy atom. The van der Waals surface area contributed by atoms with Crippen molar-refractivity contribution in [2.45, 2.75) is 24.9 Å². The first-order valence-electron chi connectivity index (χ1n) is 5.65. The van der Waals surface area contributed by atoms with Crippen LogP contribution in [0.25, 0.3) is 6.08 Å². The normalized spacial score (nSPS) is 12.9. The van der Waals surface area contributed by atoms with Crippen molar-refractivity contribution in [3.05, 3.63) is 35.9 Å². The number of alkyl halides is 6. The lowest BCUT2D eigenvalue weighted by Gasteiger charge is -2.33. The van der Waals surface area contributed by atoms with Gasteiger partial charge in [0.15, 0.2) is 0 Å². The van der Waals surface area contributed by atoms with E-state index in [0.717, 1.165) is 19.1 Å². The Balaban J connectivity index is 3.62. The van der Waals surface area contributed by atoms with E-state index in [1.807, 2.05) is 0 Å². The number of hydrogen-bond acceptors (Lipinski definition) is 3. The summed E-state index contributed by atoms with van der Waals surface area (Å²) in [6.07, 6.45) is -11.1. The molecule has 0 radical (unpaired) electrons. The van der Waals surface area contributed by atoms with Crippen LogP contribution in [-0.2, 0) is 10.4 Å². The van der Waals surface area contributed by atoms with Crippen LogP contribution in [0.2, 0.25) is 0 Å². The van der Waals surface area contributed by atoms with Crippen LogP contribution in [0.4, 0.5) is 26.3 Å². The summed E-state index contributed by atoms with van der Waals surface area (Å²) in [5, 5.41) is 9.31. The second-order valence-electron chi connectivity index (χ2n) is 4.29. The number of carbonyl (C=O) groups excluding carboxylic acids is 1. The van der Waals surface area contributed by atoms with Crippen molar-refractivity contribution < 1.29 is 41.0 Å². The molecule has 9 heteroatoms. The molecule has 122 valence electrons. The zero-order chi connectivity index (χ0) is 17.3. The third kappa shape index (κ3) is 3.24. The second-order valence-corrected chi connectivity index (χ2v) is 4.29. The molecule has 0 fully saturated rings. The van der Waals surface area contributed by atoms with Crippen molar-refractivity contribution in [2.24, 2.45) is 0 Å². The highest BCUT2D eigenvalue weighted by Gasteiger charge is 2.71. The maximum atomic E-state index is 12.8. The topological polar surface area (TPSA) is 46.5 Å². The molecule has 1 rings (SSSR count). The van der Waals surface area contributed by atoms with Crippen molar-refractivity contribution in [2.75, 3.05) is 0 Å². The van der Waals surface area contributed by atoms with Gasteiger partial charge in [0.2, 0.25) is 0 Å². The molecule has 1 aromatic carbocycles. The van der Waals surface area contributed by atoms with Crippen molar-refractivity contribution in [1.82, 2.24) is 0 Å². The quantitative estimate of drug-likeness (QED) is 0.524. The SMILES string of the molecule is C=Cc1cc(OC(C)=O)cc(C(O)(C(F)(F)F)C(F)(F)F)c1. The van der Waals surface area contributed by atoms with E-state index < -0.39 is 35.2 Å². The zero-order valence-corrected chi connectivity index (χ0v) is 11.0. The van der Waals surface area contributed by atoms with Gasteiger partial charge in [-0.1, -0.05) is 12.7 Å². The van der Waals surface area contributed by atoms with Gasteiger partial charge in [0, 0.05) is 12.5 Å². The molecule has 0 aliphatic rings. The molecule has 3 nitrogen and oxygen atoms in total. The predicted octanol–water partition coefficient (Wildman–Crippen LogP) is 3.57. The zero-order valence-electron chi connectivity index (χ0n) is 11.0. The van der Waals surface area contributed by atoms with E-state index >= 15 is 0 Å². The van der Waals surface area contributed by atoms with Crippen molar-refractivity contribution in [1.29, 1.82) is 0 Å². The lowest BCUT2D eigenvalue weighted by Crippen LogP contribution is -2.53.